The zero-order valence-corrected chi connectivity index (χ0v) is 14.0. The van der Waals surface area contributed by atoms with Crippen LogP contribution in [0.5, 0.6) is 0 Å². The zero-order chi connectivity index (χ0) is 18.0. The summed E-state index contributed by atoms with van der Waals surface area (Å²) >= 11 is 0. The van der Waals surface area contributed by atoms with Crippen molar-refractivity contribution in [1.29, 1.82) is 0 Å². The van der Waals surface area contributed by atoms with Crippen molar-refractivity contribution in [3.8, 4) is 0 Å². The highest BCUT2D eigenvalue weighted by Gasteiger charge is 2.39. The van der Waals surface area contributed by atoms with Crippen LogP contribution in [0.4, 0.5) is 9.59 Å². The van der Waals surface area contributed by atoms with E-state index in [1.807, 2.05) is 0 Å². The van der Waals surface area contributed by atoms with Crippen LogP contribution in [0.3, 0.4) is 0 Å². The fourth-order valence-electron chi connectivity index (χ4n) is 2.59. The van der Waals surface area contributed by atoms with Gasteiger partial charge >= 0.3 is 29.1 Å². The first-order valence-electron chi connectivity index (χ1n) is 7.73. The van der Waals surface area contributed by atoms with E-state index in [4.69, 9.17) is 0 Å². The van der Waals surface area contributed by atoms with Gasteiger partial charge in [0.1, 0.15) is 0 Å². The SMILES string of the molecule is CN1C(=O)N(CCCCCCn2c(=O)n(C)c(=O)n(C)c2=O)C1=O. The number of hydrogen-bond donors (Lipinski definition) is 0. The van der Waals surface area contributed by atoms with Crippen LogP contribution in [0.15, 0.2) is 14.4 Å². The highest BCUT2D eigenvalue weighted by atomic mass is 16.2. The molecule has 1 saturated heterocycles. The number of nitrogens with zero attached hydrogens (tertiary/aromatic N) is 5. The molecule has 1 fully saturated rings. The van der Waals surface area contributed by atoms with E-state index in [1.165, 1.54) is 26.0 Å². The van der Waals surface area contributed by atoms with Crippen molar-refractivity contribution in [3.63, 3.8) is 0 Å². The Morgan fingerprint density at radius 1 is 0.625 bits per heavy atom. The molecule has 0 aliphatic carbocycles. The van der Waals surface area contributed by atoms with Gasteiger partial charge in [0.15, 0.2) is 0 Å². The molecular formula is C14H21N5O5. The Labute approximate surface area is 137 Å². The van der Waals surface area contributed by atoms with Crippen LogP contribution in [0.2, 0.25) is 0 Å². The fourth-order valence-corrected chi connectivity index (χ4v) is 2.59. The second kappa shape index (κ2) is 6.85. The Morgan fingerprint density at radius 2 is 1.08 bits per heavy atom. The first-order valence-corrected chi connectivity index (χ1v) is 7.73. The summed E-state index contributed by atoms with van der Waals surface area (Å²) in [6.45, 7) is 0.605. The molecule has 0 unspecified atom stereocenters. The van der Waals surface area contributed by atoms with Gasteiger partial charge in [-0.05, 0) is 12.8 Å². The van der Waals surface area contributed by atoms with Gasteiger partial charge < -0.3 is 0 Å². The van der Waals surface area contributed by atoms with E-state index in [-0.39, 0.29) is 18.6 Å². The number of carbonyl (C=O) groups excluding carboxylic acids is 2. The van der Waals surface area contributed by atoms with Crippen molar-refractivity contribution < 1.29 is 9.59 Å². The summed E-state index contributed by atoms with van der Waals surface area (Å²) in [6.07, 6.45) is 2.77. The van der Waals surface area contributed by atoms with Gasteiger partial charge in [-0.25, -0.2) is 47.5 Å². The third-order valence-corrected chi connectivity index (χ3v) is 4.16. The number of hydrogen-bond acceptors (Lipinski definition) is 5. The Kier molecular flexibility index (Phi) is 5.05. The lowest BCUT2D eigenvalue weighted by Crippen LogP contribution is -2.62. The molecule has 1 aliphatic heterocycles. The van der Waals surface area contributed by atoms with Crippen molar-refractivity contribution >= 4 is 12.1 Å². The van der Waals surface area contributed by atoms with Crippen molar-refractivity contribution in [3.05, 3.63) is 31.5 Å². The maximum absolute atomic E-state index is 11.9. The van der Waals surface area contributed by atoms with E-state index in [1.54, 1.807) is 0 Å². The predicted octanol–water partition coefficient (Wildman–Crippen LogP) is -0.706. The molecule has 10 nitrogen and oxygen atoms in total. The maximum atomic E-state index is 11.9. The molecule has 24 heavy (non-hydrogen) atoms. The largest absolute Gasteiger partial charge is 0.336 e. The van der Waals surface area contributed by atoms with E-state index in [9.17, 15) is 24.0 Å². The first kappa shape index (κ1) is 17.7. The number of amides is 4. The van der Waals surface area contributed by atoms with Gasteiger partial charge in [0.25, 0.3) is 0 Å². The number of carbonyl (C=O) groups is 2. The molecule has 0 bridgehead atoms. The van der Waals surface area contributed by atoms with Crippen LogP contribution in [0.1, 0.15) is 25.7 Å². The molecule has 132 valence electrons. The fraction of sp³-hybridized carbons (Fsp3) is 0.643. The average Bonchev–Trinajstić information content (AvgIpc) is 2.59. The maximum Gasteiger partial charge on any atom is 0.336 e. The van der Waals surface area contributed by atoms with Gasteiger partial charge in [0.05, 0.1) is 0 Å². The van der Waals surface area contributed by atoms with Crippen molar-refractivity contribution in [1.82, 2.24) is 23.5 Å². The van der Waals surface area contributed by atoms with Crippen LogP contribution in [0.25, 0.3) is 0 Å². The molecule has 1 aromatic rings. The molecule has 1 aliphatic rings. The summed E-state index contributed by atoms with van der Waals surface area (Å²) in [5.41, 5.74) is -1.89. The lowest BCUT2D eigenvalue weighted by molar-refractivity contribution is 0.114. The highest BCUT2D eigenvalue weighted by molar-refractivity contribution is 6.11. The summed E-state index contributed by atoms with van der Waals surface area (Å²) in [5.74, 6) is 0. The Morgan fingerprint density at radius 3 is 1.58 bits per heavy atom. The van der Waals surface area contributed by atoms with Gasteiger partial charge in [-0.3, -0.25) is 0 Å². The van der Waals surface area contributed by atoms with Crippen LogP contribution in [-0.2, 0) is 20.6 Å². The zero-order valence-electron chi connectivity index (χ0n) is 14.0. The normalized spacial score (nSPS) is 14.3. The van der Waals surface area contributed by atoms with E-state index in [2.05, 4.69) is 0 Å². The molecule has 0 spiro atoms. The third-order valence-electron chi connectivity index (χ3n) is 4.16. The molecule has 0 N–H and O–H groups in total. The molecule has 1 aromatic heterocycles. The molecular weight excluding hydrogens is 318 g/mol. The van der Waals surface area contributed by atoms with E-state index in [0.717, 1.165) is 31.4 Å². The summed E-state index contributed by atoms with van der Waals surface area (Å²) in [7, 11) is 4.10. The van der Waals surface area contributed by atoms with Crippen LogP contribution in [-0.4, -0.2) is 49.2 Å². The molecule has 10 heteroatoms. The number of rotatable bonds is 7. The molecule has 0 aromatic carbocycles. The number of aromatic nitrogens is 3. The minimum absolute atomic E-state index is 0.226. The standard InChI is InChI=1S/C14H21N5O5/c1-15-10(20)16(2)12(22)18(11(15)21)8-6-4-5-7-9-19-13(23)17(3)14(19)24/h4-9H2,1-3H3. The Hall–Kier alpha value is -2.65. The smallest absolute Gasteiger partial charge is 0.248 e. The number of unbranched alkanes of at least 4 members (excludes halogenated alkanes) is 3. The topological polar surface area (TPSA) is 107 Å². The highest BCUT2D eigenvalue weighted by Crippen LogP contribution is 2.14. The third kappa shape index (κ3) is 3.03. The number of imide groups is 2. The van der Waals surface area contributed by atoms with Gasteiger partial charge in [0, 0.05) is 34.2 Å². The minimum atomic E-state index is -0.643. The predicted molar refractivity (Wildman–Crippen MR) is 84.9 cm³/mol. The van der Waals surface area contributed by atoms with Gasteiger partial charge in [-0.15, -0.1) is 0 Å². The van der Waals surface area contributed by atoms with Gasteiger partial charge in [0.2, 0.25) is 0 Å². The lowest BCUT2D eigenvalue weighted by atomic mass is 10.2. The summed E-state index contributed by atoms with van der Waals surface area (Å²) in [4.78, 5) is 60.5. The first-order chi connectivity index (χ1) is 11.3. The van der Waals surface area contributed by atoms with Crippen LogP contribution in [0, 0.1) is 0 Å². The van der Waals surface area contributed by atoms with E-state index < -0.39 is 17.1 Å². The molecule has 0 atom stereocenters. The summed E-state index contributed by atoms with van der Waals surface area (Å²) in [5, 5.41) is 0. The number of urea groups is 2. The van der Waals surface area contributed by atoms with Crippen LogP contribution < -0.4 is 17.1 Å². The quantitative estimate of drug-likeness (QED) is 0.610. The van der Waals surface area contributed by atoms with Crippen molar-refractivity contribution in [2.24, 2.45) is 14.1 Å². The lowest BCUT2D eigenvalue weighted by Gasteiger charge is -2.36. The molecule has 0 radical (unpaired) electrons. The van der Waals surface area contributed by atoms with Gasteiger partial charge in [-0.1, -0.05) is 12.8 Å². The van der Waals surface area contributed by atoms with Crippen molar-refractivity contribution in [2.75, 3.05) is 13.6 Å². The van der Waals surface area contributed by atoms with E-state index in [0.29, 0.717) is 19.4 Å². The van der Waals surface area contributed by atoms with E-state index >= 15 is 0 Å². The van der Waals surface area contributed by atoms with Crippen molar-refractivity contribution in [2.45, 2.75) is 32.2 Å². The Bertz CT molecular complexity index is 777. The molecule has 4 amide bonds. The minimum Gasteiger partial charge on any atom is -0.248 e. The van der Waals surface area contributed by atoms with Gasteiger partial charge in [-0.2, -0.15) is 0 Å². The van der Waals surface area contributed by atoms with Crippen LogP contribution >= 0.6 is 0 Å². The molecule has 2 heterocycles. The summed E-state index contributed by atoms with van der Waals surface area (Å²) < 4.78 is 2.84. The second-order valence-electron chi connectivity index (χ2n) is 5.81. The second-order valence-corrected chi connectivity index (χ2v) is 5.81. The average molecular weight is 339 g/mol. The molecule has 0 saturated carbocycles. The molecule has 2 rings (SSSR count). The monoisotopic (exact) mass is 339 g/mol. The Balaban J connectivity index is 1.81. The summed E-state index contributed by atoms with van der Waals surface area (Å²) in [6, 6.07) is -0.583.